The minimum atomic E-state index is -3.75. The molecule has 0 saturated carbocycles. The molecule has 2 aromatic carbocycles. The average molecular weight is 442 g/mol. The quantitative estimate of drug-likeness (QED) is 0.647. The first-order valence-electron chi connectivity index (χ1n) is 9.72. The third-order valence-electron chi connectivity index (χ3n) is 5.33. The largest absolute Gasteiger partial charge is 0.497 e. The topological polar surface area (TPSA) is 106 Å². The van der Waals surface area contributed by atoms with Gasteiger partial charge in [0.05, 0.1) is 42.0 Å². The van der Waals surface area contributed by atoms with Crippen molar-refractivity contribution in [3.05, 3.63) is 53.6 Å². The number of carboxylic acid groups (broad SMARTS) is 1. The molecule has 0 unspecified atom stereocenters. The van der Waals surface area contributed by atoms with Crippen LogP contribution >= 0.6 is 0 Å². The predicted molar refractivity (Wildman–Crippen MR) is 115 cm³/mol. The Bertz CT molecular complexity index is 1270. The number of carbonyl (C=O) groups is 1. The number of morpholine rings is 1. The van der Waals surface area contributed by atoms with E-state index in [9.17, 15) is 18.3 Å². The Morgan fingerprint density at radius 1 is 1.13 bits per heavy atom. The Morgan fingerprint density at radius 2 is 1.87 bits per heavy atom. The molecule has 31 heavy (non-hydrogen) atoms. The minimum Gasteiger partial charge on any atom is -0.497 e. The Morgan fingerprint density at radius 3 is 2.52 bits per heavy atom. The van der Waals surface area contributed by atoms with E-state index in [0.717, 1.165) is 11.1 Å². The normalized spacial score (nSPS) is 15.2. The molecule has 162 valence electrons. The zero-order chi connectivity index (χ0) is 22.2. The summed E-state index contributed by atoms with van der Waals surface area (Å²) in [5.74, 6) is -0.459. The lowest BCUT2D eigenvalue weighted by molar-refractivity contribution is 0.0699. The number of pyridine rings is 1. The number of hydrogen-bond donors (Lipinski definition) is 1. The molecule has 1 aromatic heterocycles. The fraction of sp³-hybridized carbons (Fsp3) is 0.273. The van der Waals surface area contributed by atoms with Gasteiger partial charge < -0.3 is 14.6 Å². The van der Waals surface area contributed by atoms with Crippen LogP contribution < -0.4 is 4.74 Å². The molecule has 1 fully saturated rings. The maximum absolute atomic E-state index is 13.0. The number of aryl methyl sites for hydroxylation is 1. The van der Waals surface area contributed by atoms with E-state index in [2.05, 4.69) is 4.98 Å². The van der Waals surface area contributed by atoms with Crippen molar-refractivity contribution in [1.82, 2.24) is 9.29 Å². The van der Waals surface area contributed by atoms with E-state index < -0.39 is 16.0 Å². The minimum absolute atomic E-state index is 0.00533. The third kappa shape index (κ3) is 3.99. The monoisotopic (exact) mass is 442 g/mol. The number of aromatic carboxylic acids is 1. The summed E-state index contributed by atoms with van der Waals surface area (Å²) in [6.07, 6.45) is 0. The van der Waals surface area contributed by atoms with Crippen LogP contribution in [0.15, 0.2) is 47.4 Å². The van der Waals surface area contributed by atoms with E-state index in [1.54, 1.807) is 19.2 Å². The van der Waals surface area contributed by atoms with E-state index in [-0.39, 0.29) is 28.9 Å². The number of aromatic nitrogens is 1. The van der Waals surface area contributed by atoms with Crippen molar-refractivity contribution in [3.8, 4) is 17.0 Å². The van der Waals surface area contributed by atoms with Crippen LogP contribution in [-0.4, -0.2) is 62.2 Å². The van der Waals surface area contributed by atoms with Crippen LogP contribution in [0.3, 0.4) is 0 Å². The van der Waals surface area contributed by atoms with Gasteiger partial charge in [-0.25, -0.2) is 18.2 Å². The molecule has 8 nitrogen and oxygen atoms in total. The number of sulfonamides is 1. The van der Waals surface area contributed by atoms with Crippen LogP contribution in [0.5, 0.6) is 5.75 Å². The predicted octanol–water partition coefficient (Wildman–Crippen LogP) is 2.94. The summed E-state index contributed by atoms with van der Waals surface area (Å²) in [4.78, 5) is 16.7. The van der Waals surface area contributed by atoms with Gasteiger partial charge in [-0.2, -0.15) is 4.31 Å². The molecule has 0 radical (unpaired) electrons. The number of hydrogen-bond acceptors (Lipinski definition) is 6. The lowest BCUT2D eigenvalue weighted by Gasteiger charge is -2.26. The molecular weight excluding hydrogens is 420 g/mol. The van der Waals surface area contributed by atoms with Gasteiger partial charge in [-0.05, 0) is 55.0 Å². The standard InChI is InChI=1S/C22H22N2O6S/c1-14-11-15(29-2)3-5-17(14)21-13-19(22(25)26)18-12-16(4-6-20(18)23-21)31(27,28)24-7-9-30-10-8-24/h3-6,11-13H,7-10H2,1-2H3,(H,25,26). The van der Waals surface area contributed by atoms with E-state index in [0.29, 0.717) is 30.2 Å². The van der Waals surface area contributed by atoms with E-state index in [1.807, 2.05) is 19.1 Å². The molecule has 3 aromatic rings. The number of benzene rings is 2. The van der Waals surface area contributed by atoms with Gasteiger partial charge in [-0.3, -0.25) is 0 Å². The van der Waals surface area contributed by atoms with Gasteiger partial charge in [0.1, 0.15) is 5.75 Å². The van der Waals surface area contributed by atoms with E-state index in [4.69, 9.17) is 9.47 Å². The molecule has 1 saturated heterocycles. The molecule has 0 spiro atoms. The van der Waals surface area contributed by atoms with Crippen molar-refractivity contribution in [3.63, 3.8) is 0 Å². The average Bonchev–Trinajstić information content (AvgIpc) is 2.78. The van der Waals surface area contributed by atoms with E-state index in [1.165, 1.54) is 22.5 Å². The molecule has 2 heterocycles. The smallest absolute Gasteiger partial charge is 0.336 e. The van der Waals surface area contributed by atoms with Gasteiger partial charge >= 0.3 is 5.97 Å². The summed E-state index contributed by atoms with van der Waals surface area (Å²) < 4.78 is 37.8. The second-order valence-electron chi connectivity index (χ2n) is 7.24. The summed E-state index contributed by atoms with van der Waals surface area (Å²) in [6.45, 7) is 3.08. The second-order valence-corrected chi connectivity index (χ2v) is 9.17. The molecule has 9 heteroatoms. The number of ether oxygens (including phenoxy) is 2. The number of fused-ring (bicyclic) bond motifs is 1. The van der Waals surface area contributed by atoms with Crippen LogP contribution in [0.2, 0.25) is 0 Å². The number of carboxylic acids is 1. The van der Waals surface area contributed by atoms with Crippen LogP contribution in [-0.2, 0) is 14.8 Å². The molecule has 0 atom stereocenters. The highest BCUT2D eigenvalue weighted by Crippen LogP contribution is 2.31. The molecule has 4 rings (SSSR count). The second kappa shape index (κ2) is 8.26. The van der Waals surface area contributed by atoms with Gasteiger partial charge in [0.25, 0.3) is 0 Å². The lowest BCUT2D eigenvalue weighted by atomic mass is 10.0. The van der Waals surface area contributed by atoms with Gasteiger partial charge in [0.2, 0.25) is 10.0 Å². The maximum atomic E-state index is 13.0. The Balaban J connectivity index is 1.84. The fourth-order valence-corrected chi connectivity index (χ4v) is 5.10. The molecule has 0 amide bonds. The zero-order valence-electron chi connectivity index (χ0n) is 17.2. The third-order valence-corrected chi connectivity index (χ3v) is 7.22. The van der Waals surface area contributed by atoms with Crippen molar-refractivity contribution in [1.29, 1.82) is 0 Å². The molecule has 1 aliphatic heterocycles. The number of nitrogens with zero attached hydrogens (tertiary/aromatic N) is 2. The summed E-state index contributed by atoms with van der Waals surface area (Å²) in [7, 11) is -2.18. The van der Waals surface area contributed by atoms with Crippen molar-refractivity contribution >= 4 is 26.9 Å². The van der Waals surface area contributed by atoms with Crippen LogP contribution in [0.1, 0.15) is 15.9 Å². The van der Waals surface area contributed by atoms with Crippen LogP contribution in [0, 0.1) is 6.92 Å². The highest BCUT2D eigenvalue weighted by atomic mass is 32.2. The van der Waals surface area contributed by atoms with Gasteiger partial charge in [-0.1, -0.05) is 0 Å². The van der Waals surface area contributed by atoms with Crippen molar-refractivity contribution in [2.24, 2.45) is 0 Å². The van der Waals surface area contributed by atoms with Crippen molar-refractivity contribution < 1.29 is 27.8 Å². The first-order chi connectivity index (χ1) is 14.8. The first kappa shape index (κ1) is 21.2. The highest BCUT2D eigenvalue weighted by molar-refractivity contribution is 7.89. The first-order valence-corrected chi connectivity index (χ1v) is 11.2. The van der Waals surface area contributed by atoms with Crippen LogP contribution in [0.25, 0.3) is 22.2 Å². The molecule has 1 N–H and O–H groups in total. The van der Waals surface area contributed by atoms with Crippen molar-refractivity contribution in [2.45, 2.75) is 11.8 Å². The fourth-order valence-electron chi connectivity index (χ4n) is 3.67. The summed E-state index contributed by atoms with van der Waals surface area (Å²) in [5, 5.41) is 10.1. The van der Waals surface area contributed by atoms with Crippen molar-refractivity contribution in [2.75, 3.05) is 33.4 Å². The SMILES string of the molecule is COc1ccc(-c2cc(C(=O)O)c3cc(S(=O)(=O)N4CCOCC4)ccc3n2)c(C)c1. The summed E-state index contributed by atoms with van der Waals surface area (Å²) >= 11 is 0. The van der Waals surface area contributed by atoms with Gasteiger partial charge in [0, 0.05) is 24.0 Å². The maximum Gasteiger partial charge on any atom is 0.336 e. The molecule has 0 bridgehead atoms. The van der Waals surface area contributed by atoms with E-state index >= 15 is 0 Å². The Kier molecular flexibility index (Phi) is 5.65. The lowest BCUT2D eigenvalue weighted by Crippen LogP contribution is -2.40. The Hall–Kier alpha value is -3.01. The molecule has 1 aliphatic rings. The molecule has 0 aliphatic carbocycles. The summed E-state index contributed by atoms with van der Waals surface area (Å²) in [6, 6.07) is 11.3. The van der Waals surface area contributed by atoms with Gasteiger partial charge in [0.15, 0.2) is 0 Å². The highest BCUT2D eigenvalue weighted by Gasteiger charge is 2.27. The Labute approximate surface area is 180 Å². The zero-order valence-corrected chi connectivity index (χ0v) is 18.0. The number of methoxy groups -OCH3 is 1. The van der Waals surface area contributed by atoms with Crippen LogP contribution in [0.4, 0.5) is 0 Å². The summed E-state index contributed by atoms with van der Waals surface area (Å²) in [5.41, 5.74) is 2.55. The van der Waals surface area contributed by atoms with Gasteiger partial charge in [-0.15, -0.1) is 0 Å². The number of rotatable bonds is 5. The molecular formula is C22H22N2O6S.